The maximum absolute atomic E-state index is 8.12. The lowest BCUT2D eigenvalue weighted by atomic mass is 10.00. The van der Waals surface area contributed by atoms with Gasteiger partial charge in [0.25, 0.3) is 0 Å². The fraction of sp³-hybridized carbons (Fsp3) is 0.188. The van der Waals surface area contributed by atoms with E-state index in [2.05, 4.69) is 48.5 Å². The normalized spacial score (nSPS) is 8.90. The Bertz CT molecular complexity index is 455. The number of hydrogen-bond donors (Lipinski definition) is 1. The SMILES string of the molecule is Cl.NC(Cc1ccccc1)Cc1ccccc1.O=C=O. The van der Waals surface area contributed by atoms with E-state index in [0.29, 0.717) is 0 Å². The molecular weight excluding hydrogens is 274 g/mol. The Hall–Kier alpha value is -1.93. The summed E-state index contributed by atoms with van der Waals surface area (Å²) < 4.78 is 0. The number of nitrogens with two attached hydrogens (primary N) is 1. The van der Waals surface area contributed by atoms with Crippen LogP contribution in [0, 0.1) is 0 Å². The van der Waals surface area contributed by atoms with Gasteiger partial charge < -0.3 is 5.73 Å². The zero-order chi connectivity index (χ0) is 13.9. The molecule has 0 saturated carbocycles. The third kappa shape index (κ3) is 7.49. The van der Waals surface area contributed by atoms with Gasteiger partial charge in [-0.15, -0.1) is 12.4 Å². The highest BCUT2D eigenvalue weighted by molar-refractivity contribution is 5.85. The molecule has 0 radical (unpaired) electrons. The fourth-order valence-electron chi connectivity index (χ4n) is 1.91. The molecule has 0 amide bonds. The molecule has 0 aromatic heterocycles. The first-order valence-corrected chi connectivity index (χ1v) is 6.09. The molecular formula is C16H18ClNO2. The highest BCUT2D eigenvalue weighted by Gasteiger charge is 2.04. The zero-order valence-corrected chi connectivity index (χ0v) is 11.9. The lowest BCUT2D eigenvalue weighted by Gasteiger charge is -2.11. The van der Waals surface area contributed by atoms with Crippen molar-refractivity contribution in [1.82, 2.24) is 0 Å². The van der Waals surface area contributed by atoms with Crippen molar-refractivity contribution in [3.05, 3.63) is 71.8 Å². The van der Waals surface area contributed by atoms with Gasteiger partial charge in [-0.3, -0.25) is 0 Å². The van der Waals surface area contributed by atoms with Gasteiger partial charge in [0, 0.05) is 6.04 Å². The van der Waals surface area contributed by atoms with Crippen LogP contribution in [0.25, 0.3) is 0 Å². The largest absolute Gasteiger partial charge is 0.373 e. The summed E-state index contributed by atoms with van der Waals surface area (Å²) in [7, 11) is 0. The number of rotatable bonds is 4. The second kappa shape index (κ2) is 10.9. The molecule has 4 heteroatoms. The molecule has 0 aliphatic carbocycles. The molecule has 2 N–H and O–H groups in total. The number of hydrogen-bond acceptors (Lipinski definition) is 3. The molecule has 0 saturated heterocycles. The lowest BCUT2D eigenvalue weighted by Crippen LogP contribution is -2.25. The molecule has 0 heterocycles. The van der Waals surface area contributed by atoms with Crippen LogP contribution in [0.1, 0.15) is 11.1 Å². The highest BCUT2D eigenvalue weighted by Crippen LogP contribution is 2.07. The summed E-state index contributed by atoms with van der Waals surface area (Å²) in [6.07, 6.45) is 2.13. The van der Waals surface area contributed by atoms with E-state index in [0.717, 1.165) is 12.8 Å². The van der Waals surface area contributed by atoms with Crippen LogP contribution in [-0.2, 0) is 22.4 Å². The topological polar surface area (TPSA) is 60.2 Å². The van der Waals surface area contributed by atoms with Gasteiger partial charge in [-0.2, -0.15) is 9.59 Å². The monoisotopic (exact) mass is 291 g/mol. The van der Waals surface area contributed by atoms with Crippen molar-refractivity contribution in [1.29, 1.82) is 0 Å². The van der Waals surface area contributed by atoms with E-state index in [1.54, 1.807) is 0 Å². The maximum atomic E-state index is 8.12. The van der Waals surface area contributed by atoms with Crippen LogP contribution in [0.4, 0.5) is 0 Å². The van der Waals surface area contributed by atoms with Crippen LogP contribution < -0.4 is 5.73 Å². The number of carbonyl (C=O) groups excluding carboxylic acids is 2. The van der Waals surface area contributed by atoms with Crippen molar-refractivity contribution in [2.45, 2.75) is 18.9 Å². The summed E-state index contributed by atoms with van der Waals surface area (Å²) in [5.74, 6) is 0. The van der Waals surface area contributed by atoms with E-state index in [4.69, 9.17) is 15.3 Å². The van der Waals surface area contributed by atoms with Crippen molar-refractivity contribution in [2.24, 2.45) is 5.73 Å². The van der Waals surface area contributed by atoms with Gasteiger partial charge in [0.1, 0.15) is 0 Å². The second-order valence-electron chi connectivity index (χ2n) is 4.22. The van der Waals surface area contributed by atoms with E-state index < -0.39 is 0 Å². The standard InChI is InChI=1S/C15H17N.CO2.ClH/c16-15(11-13-7-3-1-4-8-13)12-14-9-5-2-6-10-14;2-1-3;/h1-10,15H,11-12,16H2;;1H. The molecule has 106 valence electrons. The summed E-state index contributed by atoms with van der Waals surface area (Å²) >= 11 is 0. The summed E-state index contributed by atoms with van der Waals surface area (Å²) in [6, 6.07) is 21.0. The molecule has 0 spiro atoms. The van der Waals surface area contributed by atoms with E-state index in [-0.39, 0.29) is 24.6 Å². The van der Waals surface area contributed by atoms with Crippen molar-refractivity contribution < 1.29 is 9.59 Å². The Kier molecular flexibility index (Phi) is 9.89. The Morgan fingerprint density at radius 1 is 0.800 bits per heavy atom. The molecule has 0 bridgehead atoms. The van der Waals surface area contributed by atoms with Crippen LogP contribution in [0.15, 0.2) is 60.7 Å². The highest BCUT2D eigenvalue weighted by atomic mass is 35.5. The second-order valence-corrected chi connectivity index (χ2v) is 4.22. The van der Waals surface area contributed by atoms with Gasteiger partial charge in [-0.25, -0.2) is 0 Å². The molecule has 2 aromatic carbocycles. The minimum Gasteiger partial charge on any atom is -0.327 e. The zero-order valence-electron chi connectivity index (χ0n) is 11.1. The van der Waals surface area contributed by atoms with E-state index >= 15 is 0 Å². The van der Waals surface area contributed by atoms with E-state index in [1.807, 2.05) is 12.1 Å². The third-order valence-electron chi connectivity index (χ3n) is 2.68. The minimum atomic E-state index is 0. The first-order chi connectivity index (χ1) is 9.26. The predicted octanol–water partition coefficient (Wildman–Crippen LogP) is 2.64. The Balaban J connectivity index is 0.000000830. The summed E-state index contributed by atoms with van der Waals surface area (Å²) in [4.78, 5) is 16.2. The molecule has 0 atom stereocenters. The molecule has 0 fully saturated rings. The minimum absolute atomic E-state index is 0. The van der Waals surface area contributed by atoms with Crippen LogP contribution in [0.5, 0.6) is 0 Å². The third-order valence-corrected chi connectivity index (χ3v) is 2.68. The van der Waals surface area contributed by atoms with Gasteiger partial charge >= 0.3 is 6.15 Å². The van der Waals surface area contributed by atoms with Crippen LogP contribution in [0.3, 0.4) is 0 Å². The smallest absolute Gasteiger partial charge is 0.327 e. The molecule has 3 nitrogen and oxygen atoms in total. The van der Waals surface area contributed by atoms with Gasteiger partial charge in [-0.05, 0) is 24.0 Å². The average Bonchev–Trinajstić information content (AvgIpc) is 2.41. The van der Waals surface area contributed by atoms with Crippen LogP contribution >= 0.6 is 12.4 Å². The van der Waals surface area contributed by atoms with Crippen molar-refractivity contribution in [2.75, 3.05) is 0 Å². The van der Waals surface area contributed by atoms with Crippen molar-refractivity contribution >= 4 is 18.6 Å². The molecule has 2 rings (SSSR count). The Morgan fingerprint density at radius 3 is 1.40 bits per heavy atom. The average molecular weight is 292 g/mol. The molecule has 0 aliphatic heterocycles. The maximum Gasteiger partial charge on any atom is 0.373 e. The molecule has 2 aromatic rings. The van der Waals surface area contributed by atoms with Crippen molar-refractivity contribution in [3.8, 4) is 0 Å². The fourth-order valence-corrected chi connectivity index (χ4v) is 1.91. The van der Waals surface area contributed by atoms with Gasteiger partial charge in [0.2, 0.25) is 0 Å². The first kappa shape index (κ1) is 18.1. The van der Waals surface area contributed by atoms with Gasteiger partial charge in [0.15, 0.2) is 0 Å². The number of benzene rings is 2. The summed E-state index contributed by atoms with van der Waals surface area (Å²) in [5.41, 5.74) is 8.76. The molecule has 0 aliphatic rings. The molecule has 20 heavy (non-hydrogen) atoms. The Morgan fingerprint density at radius 2 is 1.10 bits per heavy atom. The lowest BCUT2D eigenvalue weighted by molar-refractivity contribution is -0.191. The predicted molar refractivity (Wildman–Crippen MR) is 80.5 cm³/mol. The van der Waals surface area contributed by atoms with Crippen LogP contribution in [-0.4, -0.2) is 12.2 Å². The van der Waals surface area contributed by atoms with Gasteiger partial charge in [-0.1, -0.05) is 60.7 Å². The molecule has 0 unspecified atom stereocenters. The van der Waals surface area contributed by atoms with Crippen LogP contribution in [0.2, 0.25) is 0 Å². The Labute approximate surface area is 125 Å². The first-order valence-electron chi connectivity index (χ1n) is 6.09. The summed E-state index contributed by atoms with van der Waals surface area (Å²) in [6.45, 7) is 0. The van der Waals surface area contributed by atoms with Crippen molar-refractivity contribution in [3.63, 3.8) is 0 Å². The number of halogens is 1. The van der Waals surface area contributed by atoms with Gasteiger partial charge in [0.05, 0.1) is 0 Å². The quantitative estimate of drug-likeness (QED) is 0.942. The van der Waals surface area contributed by atoms with E-state index in [9.17, 15) is 0 Å². The van der Waals surface area contributed by atoms with E-state index in [1.165, 1.54) is 11.1 Å². The summed E-state index contributed by atoms with van der Waals surface area (Å²) in [5, 5.41) is 0.